The van der Waals surface area contributed by atoms with Crippen LogP contribution in [0.15, 0.2) is 0 Å². The van der Waals surface area contributed by atoms with E-state index in [1.807, 2.05) is 0 Å². The van der Waals surface area contributed by atoms with Crippen LogP contribution >= 0.6 is 0 Å². The smallest absolute Gasteiger partial charge is 0.306 e. The highest BCUT2D eigenvalue weighted by molar-refractivity contribution is 5.81. The molecule has 1 amide bonds. The highest BCUT2D eigenvalue weighted by Crippen LogP contribution is 1.92. The summed E-state index contributed by atoms with van der Waals surface area (Å²) in [5, 5.41) is 15.8. The highest BCUT2D eigenvalue weighted by atomic mass is 16.5. The van der Waals surface area contributed by atoms with E-state index in [1.165, 1.54) is 7.11 Å². The summed E-state index contributed by atoms with van der Waals surface area (Å²) < 4.78 is 4.41. The Morgan fingerprint density at radius 2 is 2.25 bits per heavy atom. The van der Waals surface area contributed by atoms with Gasteiger partial charge >= 0.3 is 5.97 Å². The second-order valence-corrected chi connectivity index (χ2v) is 3.00. The quantitative estimate of drug-likeness (QED) is 0.591. The molecule has 0 aromatic carbocycles. The van der Waals surface area contributed by atoms with Gasteiger partial charge in [-0.1, -0.05) is 5.21 Å². The van der Waals surface area contributed by atoms with E-state index in [1.54, 1.807) is 0 Å². The maximum atomic E-state index is 11.2. The van der Waals surface area contributed by atoms with Gasteiger partial charge in [0.1, 0.15) is 0 Å². The molecule has 0 fully saturated rings. The third-order valence-electron chi connectivity index (χ3n) is 1.84. The first kappa shape index (κ1) is 12.1. The number of carbonyl (C=O) groups is 2. The molecule has 1 heterocycles. The summed E-state index contributed by atoms with van der Waals surface area (Å²) in [7, 11) is 1.29. The Labute approximate surface area is 91.7 Å². The fourth-order valence-electron chi connectivity index (χ4n) is 1.01. The van der Waals surface area contributed by atoms with Gasteiger partial charge in [0.15, 0.2) is 5.82 Å². The molecule has 0 aliphatic heterocycles. The summed E-state index contributed by atoms with van der Waals surface area (Å²) in [6, 6.07) is 0. The van der Waals surface area contributed by atoms with E-state index in [2.05, 4.69) is 30.7 Å². The number of methoxy groups -OCH3 is 1. The van der Waals surface area contributed by atoms with Crippen molar-refractivity contribution in [3.05, 3.63) is 5.82 Å². The average Bonchev–Trinajstić information content (AvgIpc) is 2.79. The van der Waals surface area contributed by atoms with Gasteiger partial charge in [0.2, 0.25) is 5.91 Å². The molecular formula is C8H13N5O3. The molecule has 0 aliphatic carbocycles. The largest absolute Gasteiger partial charge is 0.469 e. The van der Waals surface area contributed by atoms with Crippen LogP contribution in [0.1, 0.15) is 18.7 Å². The number of H-pyrrole nitrogens is 1. The van der Waals surface area contributed by atoms with Crippen molar-refractivity contribution in [1.82, 2.24) is 25.9 Å². The topological polar surface area (TPSA) is 110 Å². The maximum absolute atomic E-state index is 11.2. The molecule has 8 heteroatoms. The zero-order valence-electron chi connectivity index (χ0n) is 8.89. The normalized spacial score (nSPS) is 9.81. The van der Waals surface area contributed by atoms with Crippen LogP contribution in [0.25, 0.3) is 0 Å². The Bertz CT molecular complexity index is 337. The number of nitrogens with one attached hydrogen (secondary N) is 2. The van der Waals surface area contributed by atoms with E-state index in [-0.39, 0.29) is 18.7 Å². The number of carbonyl (C=O) groups excluding carboxylic acids is 2. The predicted molar refractivity (Wildman–Crippen MR) is 52.1 cm³/mol. The molecule has 1 aromatic rings. The van der Waals surface area contributed by atoms with E-state index >= 15 is 0 Å². The molecular weight excluding hydrogens is 214 g/mol. The number of rotatable bonds is 6. The van der Waals surface area contributed by atoms with Crippen molar-refractivity contribution in [1.29, 1.82) is 0 Å². The van der Waals surface area contributed by atoms with Crippen LogP contribution in [-0.2, 0) is 20.7 Å². The molecule has 0 atom stereocenters. The lowest BCUT2D eigenvalue weighted by Crippen LogP contribution is -2.26. The zero-order valence-corrected chi connectivity index (χ0v) is 8.89. The van der Waals surface area contributed by atoms with Crippen LogP contribution in [0.3, 0.4) is 0 Å². The first-order valence-corrected chi connectivity index (χ1v) is 4.78. The van der Waals surface area contributed by atoms with E-state index in [0.29, 0.717) is 18.8 Å². The van der Waals surface area contributed by atoms with Crippen LogP contribution in [0.4, 0.5) is 0 Å². The van der Waals surface area contributed by atoms with Crippen molar-refractivity contribution in [2.75, 3.05) is 13.7 Å². The Morgan fingerprint density at radius 3 is 2.88 bits per heavy atom. The summed E-state index contributed by atoms with van der Waals surface area (Å²) in [6.07, 6.45) is 0.712. The molecule has 0 spiro atoms. The molecule has 0 unspecified atom stereocenters. The Hall–Kier alpha value is -1.99. The van der Waals surface area contributed by atoms with Crippen molar-refractivity contribution in [2.24, 2.45) is 0 Å². The highest BCUT2D eigenvalue weighted by Gasteiger charge is 2.06. The lowest BCUT2D eigenvalue weighted by Gasteiger charge is -2.02. The SMILES string of the molecule is COC(=O)CCC(=O)NCCc1nn[nH]n1. The van der Waals surface area contributed by atoms with Crippen LogP contribution in [0, 0.1) is 0 Å². The van der Waals surface area contributed by atoms with E-state index in [0.717, 1.165) is 0 Å². The molecule has 0 radical (unpaired) electrons. The summed E-state index contributed by atoms with van der Waals surface area (Å²) in [5.74, 6) is -0.0597. The van der Waals surface area contributed by atoms with Gasteiger partial charge in [-0.05, 0) is 0 Å². The molecule has 0 saturated heterocycles. The van der Waals surface area contributed by atoms with Gasteiger partial charge in [-0.25, -0.2) is 0 Å². The fraction of sp³-hybridized carbons (Fsp3) is 0.625. The number of nitrogens with zero attached hydrogens (tertiary/aromatic N) is 3. The summed E-state index contributed by atoms with van der Waals surface area (Å²) in [4.78, 5) is 22.0. The number of amides is 1. The fourth-order valence-corrected chi connectivity index (χ4v) is 1.01. The van der Waals surface area contributed by atoms with Gasteiger partial charge in [-0.15, -0.1) is 10.2 Å². The van der Waals surface area contributed by atoms with Gasteiger partial charge in [0.05, 0.1) is 13.5 Å². The zero-order chi connectivity index (χ0) is 11.8. The lowest BCUT2D eigenvalue weighted by atomic mass is 10.3. The average molecular weight is 227 g/mol. The maximum Gasteiger partial charge on any atom is 0.306 e. The van der Waals surface area contributed by atoms with Crippen molar-refractivity contribution in [3.63, 3.8) is 0 Å². The number of hydrogen-bond donors (Lipinski definition) is 2. The molecule has 0 aliphatic rings. The first-order valence-electron chi connectivity index (χ1n) is 4.78. The minimum absolute atomic E-state index is 0.0878. The third kappa shape index (κ3) is 4.49. The Morgan fingerprint density at radius 1 is 1.44 bits per heavy atom. The molecule has 0 bridgehead atoms. The number of ether oxygens (including phenoxy) is 1. The number of aromatic amines is 1. The Kier molecular flexibility index (Phi) is 4.90. The van der Waals surface area contributed by atoms with Crippen LogP contribution < -0.4 is 5.32 Å². The number of esters is 1. The Balaban J connectivity index is 2.09. The van der Waals surface area contributed by atoms with E-state index < -0.39 is 5.97 Å². The van der Waals surface area contributed by atoms with Gasteiger partial charge < -0.3 is 10.1 Å². The second-order valence-electron chi connectivity index (χ2n) is 3.00. The van der Waals surface area contributed by atoms with Gasteiger partial charge in [0.25, 0.3) is 0 Å². The van der Waals surface area contributed by atoms with Crippen molar-refractivity contribution in [3.8, 4) is 0 Å². The molecule has 16 heavy (non-hydrogen) atoms. The van der Waals surface area contributed by atoms with Crippen LogP contribution in [0.5, 0.6) is 0 Å². The molecule has 1 rings (SSSR count). The van der Waals surface area contributed by atoms with E-state index in [9.17, 15) is 9.59 Å². The molecule has 0 saturated carbocycles. The molecule has 1 aromatic heterocycles. The summed E-state index contributed by atoms with van der Waals surface area (Å²) >= 11 is 0. The van der Waals surface area contributed by atoms with Crippen LogP contribution in [0.2, 0.25) is 0 Å². The second kappa shape index (κ2) is 6.49. The standard InChI is InChI=1S/C8H13N5O3/c1-16-8(15)3-2-7(14)9-5-4-6-10-12-13-11-6/h2-5H2,1H3,(H,9,14)(H,10,11,12,13). The molecule has 2 N–H and O–H groups in total. The minimum Gasteiger partial charge on any atom is -0.469 e. The van der Waals surface area contributed by atoms with Gasteiger partial charge in [-0.3, -0.25) is 9.59 Å². The van der Waals surface area contributed by atoms with Gasteiger partial charge in [-0.2, -0.15) is 5.21 Å². The minimum atomic E-state index is -0.395. The van der Waals surface area contributed by atoms with E-state index in [4.69, 9.17) is 0 Å². The van der Waals surface area contributed by atoms with Crippen LogP contribution in [-0.4, -0.2) is 46.2 Å². The lowest BCUT2D eigenvalue weighted by molar-refractivity contribution is -0.142. The monoisotopic (exact) mass is 227 g/mol. The molecule has 88 valence electrons. The number of aromatic nitrogens is 4. The first-order chi connectivity index (χ1) is 7.72. The summed E-state index contributed by atoms with van der Waals surface area (Å²) in [6.45, 7) is 0.416. The van der Waals surface area contributed by atoms with Crippen molar-refractivity contribution in [2.45, 2.75) is 19.3 Å². The van der Waals surface area contributed by atoms with Gasteiger partial charge in [0, 0.05) is 19.4 Å². The summed E-state index contributed by atoms with van der Waals surface area (Å²) in [5.41, 5.74) is 0. The number of hydrogen-bond acceptors (Lipinski definition) is 6. The van der Waals surface area contributed by atoms with Crippen molar-refractivity contribution < 1.29 is 14.3 Å². The van der Waals surface area contributed by atoms with Crippen molar-refractivity contribution >= 4 is 11.9 Å². The predicted octanol–water partition coefficient (Wildman–Crippen LogP) is -1.19. The molecule has 8 nitrogen and oxygen atoms in total. The number of tetrazole rings is 1. The third-order valence-corrected chi connectivity index (χ3v) is 1.84.